The van der Waals surface area contributed by atoms with Crippen LogP contribution in [0.25, 0.3) is 21.8 Å². The Labute approximate surface area is 192 Å². The zero-order valence-corrected chi connectivity index (χ0v) is 20.2. The molecule has 1 aliphatic rings. The zero-order chi connectivity index (χ0) is 23.5. The van der Waals surface area contributed by atoms with Gasteiger partial charge >= 0.3 is 0 Å². The summed E-state index contributed by atoms with van der Waals surface area (Å²) in [6, 6.07) is 6.24. The summed E-state index contributed by atoms with van der Waals surface area (Å²) < 4.78 is 40.9. The van der Waals surface area contributed by atoms with E-state index in [0.717, 1.165) is 38.9 Å². The minimum Gasteiger partial charge on any atom is -0.495 e. The molecule has 1 aromatic carbocycles. The molecule has 0 saturated carbocycles. The number of pyridine rings is 1. The van der Waals surface area contributed by atoms with E-state index in [1.807, 2.05) is 26.2 Å². The molecule has 4 aromatic rings. The van der Waals surface area contributed by atoms with Gasteiger partial charge in [-0.2, -0.15) is 4.31 Å². The van der Waals surface area contributed by atoms with Crippen LogP contribution in [-0.4, -0.2) is 60.7 Å². The minimum absolute atomic E-state index is 0.176. The van der Waals surface area contributed by atoms with Crippen molar-refractivity contribution < 1.29 is 17.7 Å². The molecule has 9 nitrogen and oxygen atoms in total. The summed E-state index contributed by atoms with van der Waals surface area (Å²) in [5, 5.41) is 6.08. The summed E-state index contributed by atoms with van der Waals surface area (Å²) in [7, 11) is 0.0461. The number of fused-ring (bicyclic) bond motifs is 3. The maximum atomic E-state index is 13.2. The van der Waals surface area contributed by atoms with Crippen molar-refractivity contribution in [1.29, 1.82) is 0 Å². The Hall–Kier alpha value is -3.11. The fourth-order valence-electron chi connectivity index (χ4n) is 4.92. The Morgan fingerprint density at radius 2 is 1.76 bits per heavy atom. The Bertz CT molecular complexity index is 1460. The van der Waals surface area contributed by atoms with Gasteiger partial charge in [0.25, 0.3) is 0 Å². The number of benzene rings is 1. The van der Waals surface area contributed by atoms with Gasteiger partial charge in [0.2, 0.25) is 10.0 Å². The predicted octanol–water partition coefficient (Wildman–Crippen LogP) is 3.16. The first kappa shape index (κ1) is 21.7. The van der Waals surface area contributed by atoms with Crippen molar-refractivity contribution in [2.75, 3.05) is 38.2 Å². The van der Waals surface area contributed by atoms with Crippen LogP contribution in [0.4, 0.5) is 5.69 Å². The highest BCUT2D eigenvalue weighted by Gasteiger charge is 2.34. The smallest absolute Gasteiger partial charge is 0.248 e. The minimum atomic E-state index is -3.66. The van der Waals surface area contributed by atoms with Crippen LogP contribution in [-0.2, 0) is 17.1 Å². The number of sulfonamides is 1. The lowest BCUT2D eigenvalue weighted by atomic mass is 10.1. The molecule has 5 rings (SSSR count). The molecule has 1 aliphatic heterocycles. The highest BCUT2D eigenvalue weighted by molar-refractivity contribution is 7.89. The van der Waals surface area contributed by atoms with E-state index < -0.39 is 10.0 Å². The topological polar surface area (TPSA) is 93.7 Å². The van der Waals surface area contributed by atoms with Crippen molar-refractivity contribution in [3.63, 3.8) is 0 Å². The number of hydrogen-bond acceptors (Lipinski definition) is 7. The number of methoxy groups -OCH3 is 1. The Balaban J connectivity index is 1.50. The number of aromatic nitrogens is 3. The maximum absolute atomic E-state index is 13.2. The van der Waals surface area contributed by atoms with Crippen molar-refractivity contribution in [3.05, 3.63) is 41.5 Å². The molecule has 0 radical (unpaired) electrons. The molecule has 3 aromatic heterocycles. The number of piperazine rings is 1. The molecule has 174 valence electrons. The number of anilines is 1. The molecular weight excluding hydrogens is 442 g/mol. The van der Waals surface area contributed by atoms with E-state index in [-0.39, 0.29) is 4.90 Å². The third kappa shape index (κ3) is 3.27. The van der Waals surface area contributed by atoms with Crippen LogP contribution >= 0.6 is 0 Å². The van der Waals surface area contributed by atoms with E-state index in [2.05, 4.69) is 31.7 Å². The predicted molar refractivity (Wildman–Crippen MR) is 126 cm³/mol. The third-order valence-electron chi connectivity index (χ3n) is 6.54. The van der Waals surface area contributed by atoms with Gasteiger partial charge in [0.05, 0.1) is 29.5 Å². The highest BCUT2D eigenvalue weighted by Crippen LogP contribution is 2.39. The van der Waals surface area contributed by atoms with Crippen LogP contribution in [0.2, 0.25) is 0 Å². The average Bonchev–Trinajstić information content (AvgIpc) is 3.29. The Morgan fingerprint density at radius 1 is 1.03 bits per heavy atom. The van der Waals surface area contributed by atoms with Crippen molar-refractivity contribution in [2.45, 2.75) is 25.7 Å². The summed E-state index contributed by atoms with van der Waals surface area (Å²) in [4.78, 5) is 6.81. The summed E-state index contributed by atoms with van der Waals surface area (Å²) in [6.45, 7) is 7.13. The van der Waals surface area contributed by atoms with Crippen LogP contribution in [0.3, 0.4) is 0 Å². The average molecular weight is 470 g/mol. The van der Waals surface area contributed by atoms with Crippen molar-refractivity contribution in [3.8, 4) is 5.75 Å². The number of nitrogens with zero attached hydrogens (tertiary/aromatic N) is 5. The highest BCUT2D eigenvalue weighted by atomic mass is 32.2. The largest absolute Gasteiger partial charge is 0.495 e. The van der Waals surface area contributed by atoms with Crippen LogP contribution in [0.5, 0.6) is 5.75 Å². The normalized spacial score (nSPS) is 15.6. The fraction of sp³-hybridized carbons (Fsp3) is 0.391. The lowest BCUT2D eigenvalue weighted by molar-refractivity contribution is 0.374. The first-order valence-electron chi connectivity index (χ1n) is 10.8. The lowest BCUT2D eigenvalue weighted by Gasteiger charge is -2.36. The van der Waals surface area contributed by atoms with Gasteiger partial charge < -0.3 is 18.7 Å². The molecule has 4 heterocycles. The first-order chi connectivity index (χ1) is 15.7. The summed E-state index contributed by atoms with van der Waals surface area (Å²) in [6.07, 6.45) is 1.83. The lowest BCUT2D eigenvalue weighted by Crippen LogP contribution is -2.48. The molecule has 0 N–H and O–H groups in total. The third-order valence-corrected chi connectivity index (χ3v) is 8.68. The van der Waals surface area contributed by atoms with Crippen molar-refractivity contribution in [1.82, 2.24) is 19.0 Å². The quantitative estimate of drug-likeness (QED) is 0.453. The molecule has 1 fully saturated rings. The van der Waals surface area contributed by atoms with E-state index >= 15 is 0 Å². The van der Waals surface area contributed by atoms with Gasteiger partial charge in [0.15, 0.2) is 5.76 Å². The molecule has 1 saturated heterocycles. The van der Waals surface area contributed by atoms with Gasteiger partial charge in [-0.25, -0.2) is 8.42 Å². The standard InChI is InChI=1S/C23H27N5O4S/c1-14-22-17(6-7-24-14)18-12-20(21(31-5)13-19(18)26(22)4)27-8-10-28(11-9-27)33(29,30)23-15(2)25-32-16(23)3/h6-7,12-13H,8-11H2,1-5H3. The summed E-state index contributed by atoms with van der Waals surface area (Å²) in [5.41, 5.74) is 4.50. The number of ether oxygens (including phenoxy) is 1. The number of hydrogen-bond donors (Lipinski definition) is 0. The van der Waals surface area contributed by atoms with Crippen LogP contribution in [0, 0.1) is 20.8 Å². The van der Waals surface area contributed by atoms with Gasteiger partial charge in [-0.15, -0.1) is 0 Å². The van der Waals surface area contributed by atoms with Crippen LogP contribution in [0.15, 0.2) is 33.8 Å². The van der Waals surface area contributed by atoms with Crippen molar-refractivity contribution in [2.24, 2.45) is 7.05 Å². The van der Waals surface area contributed by atoms with E-state index in [1.165, 1.54) is 4.31 Å². The molecule has 33 heavy (non-hydrogen) atoms. The molecule has 10 heteroatoms. The van der Waals surface area contributed by atoms with E-state index in [1.54, 1.807) is 21.0 Å². The SMILES string of the molecule is COc1cc2c(cc1N1CCN(S(=O)(=O)c3c(C)noc3C)CC1)c1ccnc(C)c1n2C. The molecule has 0 aliphatic carbocycles. The van der Waals surface area contributed by atoms with E-state index in [9.17, 15) is 8.42 Å². The van der Waals surface area contributed by atoms with Gasteiger partial charge in [-0.05, 0) is 32.9 Å². The Kier molecular flexibility index (Phi) is 5.09. The van der Waals surface area contributed by atoms with Crippen LogP contribution in [0.1, 0.15) is 17.1 Å². The maximum Gasteiger partial charge on any atom is 0.248 e. The molecule has 0 spiro atoms. The van der Waals surface area contributed by atoms with Crippen LogP contribution < -0.4 is 9.64 Å². The molecule has 0 unspecified atom stereocenters. The molecule has 0 bridgehead atoms. The van der Waals surface area contributed by atoms with Crippen molar-refractivity contribution >= 4 is 37.5 Å². The van der Waals surface area contributed by atoms with E-state index in [4.69, 9.17) is 9.26 Å². The second kappa shape index (κ2) is 7.74. The second-order valence-electron chi connectivity index (χ2n) is 8.44. The molecule has 0 amide bonds. The summed E-state index contributed by atoms with van der Waals surface area (Å²) in [5.74, 6) is 1.09. The van der Waals surface area contributed by atoms with Gasteiger partial charge in [0.1, 0.15) is 16.3 Å². The molecule has 0 atom stereocenters. The number of aryl methyl sites for hydroxylation is 4. The monoisotopic (exact) mass is 469 g/mol. The zero-order valence-electron chi connectivity index (χ0n) is 19.4. The fourth-order valence-corrected chi connectivity index (χ4v) is 6.64. The second-order valence-corrected chi connectivity index (χ2v) is 10.3. The summed E-state index contributed by atoms with van der Waals surface area (Å²) >= 11 is 0. The Morgan fingerprint density at radius 3 is 2.39 bits per heavy atom. The van der Waals surface area contributed by atoms with Gasteiger partial charge in [-0.1, -0.05) is 5.16 Å². The molecular formula is C23H27N5O4S. The van der Waals surface area contributed by atoms with Gasteiger partial charge in [-0.3, -0.25) is 4.98 Å². The number of rotatable bonds is 4. The first-order valence-corrected chi connectivity index (χ1v) is 12.3. The van der Waals surface area contributed by atoms with Gasteiger partial charge in [0, 0.05) is 56.3 Å². The van der Waals surface area contributed by atoms with E-state index in [0.29, 0.717) is 37.6 Å².